The minimum Gasteiger partial charge on any atom is -0.379 e. The lowest BCUT2D eigenvalue weighted by Gasteiger charge is -2.13. The third-order valence-corrected chi connectivity index (χ3v) is 4.12. The van der Waals surface area contributed by atoms with Crippen molar-refractivity contribution in [2.45, 2.75) is 4.90 Å². The van der Waals surface area contributed by atoms with Gasteiger partial charge in [0.1, 0.15) is 10.6 Å². The Labute approximate surface area is 128 Å². The highest BCUT2D eigenvalue weighted by molar-refractivity contribution is 7.87. The molecule has 2 aromatic carbocycles. The molecule has 0 aliphatic carbocycles. The van der Waals surface area contributed by atoms with E-state index in [2.05, 4.69) is 0 Å². The third kappa shape index (κ3) is 3.53. The standard InChI is InChI=1S/C14H14N2O5S/c1-15(2)11-6-8-13(9-7-11)21-22(19,20)14-5-3-4-12(10-14)16(17)18/h3-10H,1-2H3. The SMILES string of the molecule is CN(C)c1ccc(OS(=O)(=O)c2cccc([N+](=O)[O-])c2)cc1. The van der Waals surface area contributed by atoms with Gasteiger partial charge in [0.25, 0.3) is 5.69 Å². The normalized spacial score (nSPS) is 11.0. The van der Waals surface area contributed by atoms with Gasteiger partial charge in [0.2, 0.25) is 0 Å². The van der Waals surface area contributed by atoms with Gasteiger partial charge in [-0.2, -0.15) is 8.42 Å². The topological polar surface area (TPSA) is 89.8 Å². The van der Waals surface area contributed by atoms with E-state index in [1.165, 1.54) is 30.3 Å². The van der Waals surface area contributed by atoms with Gasteiger partial charge in [-0.15, -0.1) is 0 Å². The highest BCUT2D eigenvalue weighted by atomic mass is 32.2. The smallest absolute Gasteiger partial charge is 0.339 e. The number of nitrogens with zero attached hydrogens (tertiary/aromatic N) is 2. The lowest BCUT2D eigenvalue weighted by atomic mass is 10.3. The van der Waals surface area contributed by atoms with Gasteiger partial charge in [0.05, 0.1) is 4.92 Å². The summed E-state index contributed by atoms with van der Waals surface area (Å²) < 4.78 is 29.3. The molecule has 2 aromatic rings. The van der Waals surface area contributed by atoms with Crippen molar-refractivity contribution in [2.24, 2.45) is 0 Å². The van der Waals surface area contributed by atoms with Crippen molar-refractivity contribution in [1.82, 2.24) is 0 Å². The Kier molecular flexibility index (Phi) is 4.32. The van der Waals surface area contributed by atoms with Crippen LogP contribution in [0.1, 0.15) is 0 Å². The quantitative estimate of drug-likeness (QED) is 0.477. The maximum absolute atomic E-state index is 12.1. The van der Waals surface area contributed by atoms with E-state index >= 15 is 0 Å². The zero-order valence-corrected chi connectivity index (χ0v) is 12.8. The molecule has 0 bridgehead atoms. The monoisotopic (exact) mass is 322 g/mol. The van der Waals surface area contributed by atoms with Crippen LogP contribution in [-0.2, 0) is 10.1 Å². The summed E-state index contributed by atoms with van der Waals surface area (Å²) in [5, 5.41) is 10.7. The molecule has 0 heterocycles. The molecule has 0 radical (unpaired) electrons. The van der Waals surface area contributed by atoms with Gasteiger partial charge in [0, 0.05) is 31.9 Å². The Bertz CT molecular complexity index is 785. The number of nitro benzene ring substituents is 1. The number of hydrogen-bond donors (Lipinski definition) is 0. The van der Waals surface area contributed by atoms with Gasteiger partial charge in [-0.05, 0) is 30.3 Å². The van der Waals surface area contributed by atoms with Crippen molar-refractivity contribution in [3.63, 3.8) is 0 Å². The Balaban J connectivity index is 2.27. The summed E-state index contributed by atoms with van der Waals surface area (Å²) in [6.45, 7) is 0. The van der Waals surface area contributed by atoms with Crippen LogP contribution in [0.5, 0.6) is 5.75 Å². The van der Waals surface area contributed by atoms with Gasteiger partial charge < -0.3 is 9.08 Å². The maximum Gasteiger partial charge on any atom is 0.339 e. The molecular formula is C14H14N2O5S. The van der Waals surface area contributed by atoms with E-state index in [0.29, 0.717) is 0 Å². The van der Waals surface area contributed by atoms with Crippen molar-refractivity contribution in [3.05, 3.63) is 58.6 Å². The van der Waals surface area contributed by atoms with E-state index in [0.717, 1.165) is 11.8 Å². The molecule has 0 atom stereocenters. The molecule has 7 nitrogen and oxygen atoms in total. The molecule has 22 heavy (non-hydrogen) atoms. The first-order chi connectivity index (χ1) is 10.3. The number of non-ortho nitro benzene ring substituents is 1. The Morgan fingerprint density at radius 2 is 1.73 bits per heavy atom. The second kappa shape index (κ2) is 6.02. The number of rotatable bonds is 5. The number of hydrogen-bond acceptors (Lipinski definition) is 6. The molecule has 2 rings (SSSR count). The molecule has 0 aromatic heterocycles. The van der Waals surface area contributed by atoms with Crippen molar-refractivity contribution < 1.29 is 17.5 Å². The van der Waals surface area contributed by atoms with Gasteiger partial charge >= 0.3 is 10.1 Å². The summed E-state index contributed by atoms with van der Waals surface area (Å²) in [5.74, 6) is 0.136. The van der Waals surface area contributed by atoms with Crippen molar-refractivity contribution in [3.8, 4) is 5.75 Å². The lowest BCUT2D eigenvalue weighted by Crippen LogP contribution is -2.11. The summed E-state index contributed by atoms with van der Waals surface area (Å²) in [4.78, 5) is 11.6. The van der Waals surface area contributed by atoms with Gasteiger partial charge in [-0.1, -0.05) is 6.07 Å². The van der Waals surface area contributed by atoms with Crippen LogP contribution in [0.2, 0.25) is 0 Å². The summed E-state index contributed by atoms with van der Waals surface area (Å²) in [5.41, 5.74) is 0.577. The molecule has 0 unspecified atom stereocenters. The molecule has 8 heteroatoms. The van der Waals surface area contributed by atoms with Crippen LogP contribution in [-0.4, -0.2) is 27.4 Å². The summed E-state index contributed by atoms with van der Waals surface area (Å²) in [6, 6.07) is 11.2. The van der Waals surface area contributed by atoms with E-state index in [1.54, 1.807) is 12.1 Å². The molecule has 0 fully saturated rings. The van der Waals surface area contributed by atoms with Crippen LogP contribution in [0.3, 0.4) is 0 Å². The molecule has 0 saturated carbocycles. The van der Waals surface area contributed by atoms with Crippen LogP contribution in [0, 0.1) is 10.1 Å². The molecule has 116 valence electrons. The van der Waals surface area contributed by atoms with Crippen LogP contribution in [0.25, 0.3) is 0 Å². The zero-order chi connectivity index (χ0) is 16.3. The van der Waals surface area contributed by atoms with Crippen molar-refractivity contribution >= 4 is 21.5 Å². The number of nitro groups is 1. The van der Waals surface area contributed by atoms with Gasteiger partial charge in [-0.25, -0.2) is 0 Å². The average molecular weight is 322 g/mol. The fourth-order valence-corrected chi connectivity index (χ4v) is 2.70. The predicted octanol–water partition coefficient (Wildman–Crippen LogP) is 2.43. The number of benzene rings is 2. The van der Waals surface area contributed by atoms with Gasteiger partial charge in [0.15, 0.2) is 0 Å². The van der Waals surface area contributed by atoms with E-state index in [9.17, 15) is 18.5 Å². The minimum atomic E-state index is -4.12. The summed E-state index contributed by atoms with van der Waals surface area (Å²) in [7, 11) is -0.407. The lowest BCUT2D eigenvalue weighted by molar-refractivity contribution is -0.385. The fourth-order valence-electron chi connectivity index (χ4n) is 1.73. The molecule has 0 aliphatic rings. The Morgan fingerprint density at radius 3 is 2.27 bits per heavy atom. The molecular weight excluding hydrogens is 308 g/mol. The van der Waals surface area contributed by atoms with Crippen LogP contribution in [0.4, 0.5) is 11.4 Å². The molecule has 0 saturated heterocycles. The first kappa shape index (κ1) is 15.8. The summed E-state index contributed by atoms with van der Waals surface area (Å²) >= 11 is 0. The van der Waals surface area contributed by atoms with E-state index in [1.807, 2.05) is 19.0 Å². The fraction of sp³-hybridized carbons (Fsp3) is 0.143. The molecule has 0 spiro atoms. The highest BCUT2D eigenvalue weighted by Crippen LogP contribution is 2.23. The zero-order valence-electron chi connectivity index (χ0n) is 12.0. The second-order valence-corrected chi connectivity index (χ2v) is 6.23. The minimum absolute atomic E-state index is 0.136. The molecule has 0 aliphatic heterocycles. The van der Waals surface area contributed by atoms with Crippen molar-refractivity contribution in [1.29, 1.82) is 0 Å². The predicted molar refractivity (Wildman–Crippen MR) is 81.7 cm³/mol. The van der Waals surface area contributed by atoms with Crippen LogP contribution in [0.15, 0.2) is 53.4 Å². The van der Waals surface area contributed by atoms with E-state index in [-0.39, 0.29) is 16.3 Å². The van der Waals surface area contributed by atoms with Crippen LogP contribution >= 0.6 is 0 Å². The van der Waals surface area contributed by atoms with E-state index < -0.39 is 15.0 Å². The third-order valence-electron chi connectivity index (χ3n) is 2.88. The molecule has 0 N–H and O–H groups in total. The first-order valence-corrected chi connectivity index (χ1v) is 7.67. The Hall–Kier alpha value is -2.61. The summed E-state index contributed by atoms with van der Waals surface area (Å²) in [6.07, 6.45) is 0. The van der Waals surface area contributed by atoms with Crippen LogP contribution < -0.4 is 9.08 Å². The second-order valence-electron chi connectivity index (χ2n) is 4.68. The maximum atomic E-state index is 12.1. The average Bonchev–Trinajstić information content (AvgIpc) is 2.47. The molecule has 0 amide bonds. The Morgan fingerprint density at radius 1 is 1.09 bits per heavy atom. The number of anilines is 1. The van der Waals surface area contributed by atoms with Gasteiger partial charge in [-0.3, -0.25) is 10.1 Å². The first-order valence-electron chi connectivity index (χ1n) is 6.26. The van der Waals surface area contributed by atoms with E-state index in [4.69, 9.17) is 4.18 Å². The largest absolute Gasteiger partial charge is 0.379 e. The highest BCUT2D eigenvalue weighted by Gasteiger charge is 2.19. The van der Waals surface area contributed by atoms with Crippen molar-refractivity contribution in [2.75, 3.05) is 19.0 Å².